The lowest BCUT2D eigenvalue weighted by molar-refractivity contribution is 0.0686. The number of aromatic carboxylic acids is 2. The molecule has 5 nitrogen and oxygen atoms in total. The summed E-state index contributed by atoms with van der Waals surface area (Å²) in [5.74, 6) is -1.97. The Hall–Kier alpha value is -3.79. The summed E-state index contributed by atoms with van der Waals surface area (Å²) >= 11 is 0. The Balaban J connectivity index is 2.03. The summed E-state index contributed by atoms with van der Waals surface area (Å²) in [5, 5.41) is 23.4. The molecule has 0 saturated heterocycles. The van der Waals surface area contributed by atoms with Crippen LogP contribution in [0.3, 0.4) is 0 Å². The molecule has 0 aliphatic carbocycles. The Bertz CT molecular complexity index is 1340. The molecule has 0 heterocycles. The third-order valence-corrected chi connectivity index (χ3v) is 16.3. The lowest BCUT2D eigenvalue weighted by Crippen LogP contribution is -2.71. The van der Waals surface area contributed by atoms with Crippen molar-refractivity contribution >= 4 is 49.3 Å². The van der Waals surface area contributed by atoms with E-state index < -0.39 is 28.6 Å². The van der Waals surface area contributed by atoms with Crippen molar-refractivity contribution in [1.29, 1.82) is 0 Å². The number of aryl methyl sites for hydroxylation is 2. The van der Waals surface area contributed by atoms with Crippen LogP contribution in [0.25, 0.3) is 0 Å². The second-order valence-electron chi connectivity index (χ2n) is 9.57. The smallest absolute Gasteiger partial charge is 0.335 e. The molecule has 0 aliphatic heterocycles. The first-order valence-electron chi connectivity index (χ1n) is 12.1. The molecule has 4 rings (SSSR count). The molecule has 188 valence electrons. The van der Waals surface area contributed by atoms with Gasteiger partial charge in [0.1, 0.15) is 0 Å². The zero-order valence-corrected chi connectivity index (χ0v) is 23.4. The van der Waals surface area contributed by atoms with Crippen molar-refractivity contribution in [2.24, 2.45) is 0 Å². The van der Waals surface area contributed by atoms with Crippen LogP contribution >= 0.6 is 0 Å². The minimum atomic E-state index is -3.04. The van der Waals surface area contributed by atoms with Crippen molar-refractivity contribution in [3.63, 3.8) is 0 Å². The van der Waals surface area contributed by atoms with E-state index in [0.717, 1.165) is 31.9 Å². The second kappa shape index (κ2) is 10.3. The quantitative estimate of drug-likeness (QED) is 0.341. The van der Waals surface area contributed by atoms with E-state index in [-0.39, 0.29) is 11.1 Å². The monoisotopic (exact) mass is 526 g/mol. The molecule has 0 amide bonds. The molecule has 2 N–H and O–H groups in total. The van der Waals surface area contributed by atoms with Gasteiger partial charge in [0, 0.05) is 0 Å². The van der Waals surface area contributed by atoms with Gasteiger partial charge in [0.15, 0.2) is 0 Å². The van der Waals surface area contributed by atoms with Crippen molar-refractivity contribution in [3.05, 3.63) is 119 Å². The van der Waals surface area contributed by atoms with Crippen molar-refractivity contribution < 1.29 is 23.9 Å². The van der Waals surface area contributed by atoms with Crippen molar-refractivity contribution in [2.45, 2.75) is 26.9 Å². The van der Waals surface area contributed by atoms with E-state index in [0.29, 0.717) is 0 Å². The average molecular weight is 527 g/mol. The van der Waals surface area contributed by atoms with Crippen LogP contribution in [0.4, 0.5) is 0 Å². The van der Waals surface area contributed by atoms with Crippen molar-refractivity contribution in [3.8, 4) is 0 Å². The highest BCUT2D eigenvalue weighted by Crippen LogP contribution is 2.21. The molecular formula is C30H30O5Si2. The van der Waals surface area contributed by atoms with Gasteiger partial charge < -0.3 is 14.3 Å². The first-order chi connectivity index (χ1) is 17.6. The van der Waals surface area contributed by atoms with E-state index in [2.05, 4.69) is 13.1 Å². The fourth-order valence-corrected chi connectivity index (χ4v) is 14.9. The van der Waals surface area contributed by atoms with Crippen LogP contribution < -0.4 is 20.7 Å². The number of hydrogen-bond acceptors (Lipinski definition) is 3. The van der Waals surface area contributed by atoms with E-state index in [9.17, 15) is 19.8 Å². The van der Waals surface area contributed by atoms with E-state index in [1.165, 1.54) is 0 Å². The van der Waals surface area contributed by atoms with Crippen LogP contribution in [0.2, 0.25) is 13.1 Å². The van der Waals surface area contributed by atoms with Gasteiger partial charge in [-0.05, 0) is 83.1 Å². The summed E-state index contributed by atoms with van der Waals surface area (Å²) in [6, 6.07) is 30.4. The predicted octanol–water partition coefficient (Wildman–Crippen LogP) is 3.80. The number of hydrogen-bond donors (Lipinski definition) is 2. The van der Waals surface area contributed by atoms with Gasteiger partial charge in [-0.15, -0.1) is 0 Å². The molecule has 2 atom stereocenters. The minimum Gasteiger partial charge on any atom is -0.478 e. The van der Waals surface area contributed by atoms with Gasteiger partial charge in [-0.3, -0.25) is 0 Å². The van der Waals surface area contributed by atoms with Gasteiger partial charge in [-0.25, -0.2) is 9.59 Å². The SMILES string of the molecule is Cc1ccc(C(=O)O)cc1[Si](C)(O[Si](C)(c1ccccc1)c1cc(C(=O)O)ccc1C)c1ccccc1. The first-order valence-corrected chi connectivity index (χ1v) is 16.9. The average Bonchev–Trinajstić information content (AvgIpc) is 2.89. The van der Waals surface area contributed by atoms with Gasteiger partial charge in [0.2, 0.25) is 16.6 Å². The summed E-state index contributed by atoms with van der Waals surface area (Å²) in [4.78, 5) is 23.9. The first kappa shape index (κ1) is 26.3. The second-order valence-corrected chi connectivity index (χ2v) is 16.8. The van der Waals surface area contributed by atoms with Gasteiger partial charge >= 0.3 is 11.9 Å². The van der Waals surface area contributed by atoms with Crippen molar-refractivity contribution in [2.75, 3.05) is 0 Å². The van der Waals surface area contributed by atoms with Gasteiger partial charge in [0.25, 0.3) is 0 Å². The number of carboxylic acid groups (broad SMARTS) is 2. The van der Waals surface area contributed by atoms with Gasteiger partial charge in [-0.1, -0.05) is 72.8 Å². The van der Waals surface area contributed by atoms with Crippen LogP contribution in [0.1, 0.15) is 31.8 Å². The number of carboxylic acids is 2. The normalized spacial score (nSPS) is 14.4. The fraction of sp³-hybridized carbons (Fsp3) is 0.133. The molecule has 0 radical (unpaired) electrons. The van der Waals surface area contributed by atoms with Crippen LogP contribution in [-0.4, -0.2) is 38.8 Å². The van der Waals surface area contributed by atoms with E-state index in [4.69, 9.17) is 4.12 Å². The molecule has 0 spiro atoms. The molecule has 4 aromatic rings. The molecule has 4 aromatic carbocycles. The van der Waals surface area contributed by atoms with Crippen LogP contribution in [-0.2, 0) is 4.12 Å². The molecule has 0 aliphatic rings. The largest absolute Gasteiger partial charge is 0.478 e. The zero-order chi connectivity index (χ0) is 26.8. The Kier molecular flexibility index (Phi) is 7.31. The lowest BCUT2D eigenvalue weighted by Gasteiger charge is -2.41. The zero-order valence-electron chi connectivity index (χ0n) is 21.4. The van der Waals surface area contributed by atoms with Gasteiger partial charge in [-0.2, -0.15) is 0 Å². The number of benzene rings is 4. The molecule has 0 aromatic heterocycles. The number of carbonyl (C=O) groups is 2. The fourth-order valence-electron chi connectivity index (χ4n) is 5.00. The number of rotatable bonds is 8. The maximum absolute atomic E-state index is 11.9. The lowest BCUT2D eigenvalue weighted by atomic mass is 10.1. The standard InChI is InChI=1S/C30H30O5Si2/c1-21-15-17-23(29(31)32)19-27(21)36(3,25-11-7-5-8-12-25)35-37(4,26-13-9-6-10-14-26)28-20-24(30(33)34)18-16-22(28)2/h5-20H,1-4H3,(H,31,32)(H,33,34). The molecule has 0 bridgehead atoms. The summed E-state index contributed by atoms with van der Waals surface area (Å²) in [7, 11) is -6.08. The van der Waals surface area contributed by atoms with Crippen LogP contribution in [0.15, 0.2) is 97.1 Å². The molecule has 37 heavy (non-hydrogen) atoms. The maximum atomic E-state index is 11.9. The Morgan fingerprint density at radius 3 is 1.27 bits per heavy atom. The highest BCUT2D eigenvalue weighted by Gasteiger charge is 2.46. The summed E-state index contributed by atoms with van der Waals surface area (Å²) in [6.45, 7) is 8.19. The molecule has 7 heteroatoms. The van der Waals surface area contributed by atoms with E-state index in [1.807, 2.05) is 86.6 Å². The summed E-state index contributed by atoms with van der Waals surface area (Å²) in [5.41, 5.74) is 2.35. The van der Waals surface area contributed by atoms with E-state index in [1.54, 1.807) is 24.3 Å². The maximum Gasteiger partial charge on any atom is 0.335 e. The molecular weight excluding hydrogens is 496 g/mol. The molecule has 2 unspecified atom stereocenters. The van der Waals surface area contributed by atoms with Gasteiger partial charge in [0.05, 0.1) is 11.1 Å². The topological polar surface area (TPSA) is 83.8 Å². The Morgan fingerprint density at radius 1 is 0.595 bits per heavy atom. The Morgan fingerprint density at radius 2 is 0.946 bits per heavy atom. The van der Waals surface area contributed by atoms with Crippen LogP contribution in [0, 0.1) is 13.8 Å². The van der Waals surface area contributed by atoms with E-state index >= 15 is 0 Å². The highest BCUT2D eigenvalue weighted by atomic mass is 28.4. The summed E-state index contributed by atoms with van der Waals surface area (Å²) in [6.07, 6.45) is 0. The Labute approximate surface area is 219 Å². The minimum absolute atomic E-state index is 0.214. The van der Waals surface area contributed by atoms with Crippen molar-refractivity contribution in [1.82, 2.24) is 0 Å². The molecule has 0 saturated carbocycles. The van der Waals surface area contributed by atoms with Crippen LogP contribution in [0.5, 0.6) is 0 Å². The third kappa shape index (κ3) is 5.06. The molecule has 0 fully saturated rings. The highest BCUT2D eigenvalue weighted by molar-refractivity contribution is 7.08. The summed E-state index contributed by atoms with van der Waals surface area (Å²) < 4.78 is 7.49. The predicted molar refractivity (Wildman–Crippen MR) is 152 cm³/mol. The third-order valence-electron chi connectivity index (χ3n) is 7.05.